The largest absolute Gasteiger partial charge is 0.327 e. The predicted molar refractivity (Wildman–Crippen MR) is 63.2 cm³/mol. The van der Waals surface area contributed by atoms with E-state index in [1.54, 1.807) is 0 Å². The third-order valence-corrected chi connectivity index (χ3v) is 3.91. The Bertz CT molecular complexity index is 144. The summed E-state index contributed by atoms with van der Waals surface area (Å²) in [6.07, 6.45) is 11.0. The first-order chi connectivity index (χ1) is 6.77. The maximum absolute atomic E-state index is 6.14. The molecule has 0 saturated heterocycles. The molecule has 1 rings (SSSR count). The number of hydrogen-bond acceptors (Lipinski definition) is 1. The van der Waals surface area contributed by atoms with E-state index < -0.39 is 0 Å². The van der Waals surface area contributed by atoms with E-state index in [0.717, 1.165) is 18.3 Å². The normalized spacial score (nSPS) is 31.1. The van der Waals surface area contributed by atoms with Crippen molar-refractivity contribution in [3.63, 3.8) is 0 Å². The quantitative estimate of drug-likeness (QED) is 0.683. The lowest BCUT2D eigenvalue weighted by Gasteiger charge is -2.20. The van der Waals surface area contributed by atoms with Crippen LogP contribution in [-0.2, 0) is 0 Å². The average Bonchev–Trinajstić information content (AvgIpc) is 2.43. The lowest BCUT2D eigenvalue weighted by Crippen LogP contribution is -2.28. The predicted octanol–water partition coefficient (Wildman–Crippen LogP) is 3.72. The van der Waals surface area contributed by atoms with Crippen LogP contribution in [0, 0.1) is 11.8 Å². The van der Waals surface area contributed by atoms with Crippen molar-refractivity contribution in [3.8, 4) is 0 Å². The van der Waals surface area contributed by atoms with Crippen molar-refractivity contribution < 1.29 is 0 Å². The molecule has 0 spiro atoms. The molecule has 1 fully saturated rings. The summed E-state index contributed by atoms with van der Waals surface area (Å²) in [4.78, 5) is 0. The fraction of sp³-hybridized carbons (Fsp3) is 1.00. The smallest absolute Gasteiger partial charge is 0.00645 e. The number of rotatable bonds is 4. The minimum Gasteiger partial charge on any atom is -0.327 e. The molecule has 1 nitrogen and oxygen atoms in total. The molecule has 0 aromatic carbocycles. The van der Waals surface area contributed by atoms with Gasteiger partial charge in [-0.3, -0.25) is 0 Å². The standard InChI is InChI=1S/C13H27N/c1-3-6-11-7-5-8-12(10-9-11)13(14)4-2/h11-13H,3-10,14H2,1-2H3. The topological polar surface area (TPSA) is 26.0 Å². The summed E-state index contributed by atoms with van der Waals surface area (Å²) in [5, 5.41) is 0. The molecule has 0 bridgehead atoms. The molecular weight excluding hydrogens is 170 g/mol. The fourth-order valence-corrected chi connectivity index (χ4v) is 2.87. The van der Waals surface area contributed by atoms with E-state index >= 15 is 0 Å². The zero-order valence-corrected chi connectivity index (χ0v) is 9.97. The van der Waals surface area contributed by atoms with Crippen molar-refractivity contribution in [3.05, 3.63) is 0 Å². The van der Waals surface area contributed by atoms with Crippen LogP contribution in [0.5, 0.6) is 0 Å². The van der Waals surface area contributed by atoms with Gasteiger partial charge in [0.1, 0.15) is 0 Å². The average molecular weight is 197 g/mol. The second kappa shape index (κ2) is 6.44. The van der Waals surface area contributed by atoms with E-state index in [-0.39, 0.29) is 0 Å². The molecule has 84 valence electrons. The molecule has 0 amide bonds. The van der Waals surface area contributed by atoms with Gasteiger partial charge in [0.15, 0.2) is 0 Å². The van der Waals surface area contributed by atoms with Crippen LogP contribution in [-0.4, -0.2) is 6.04 Å². The summed E-state index contributed by atoms with van der Waals surface area (Å²) in [5.74, 6) is 1.83. The van der Waals surface area contributed by atoms with Crippen LogP contribution in [0.15, 0.2) is 0 Å². The van der Waals surface area contributed by atoms with Gasteiger partial charge in [-0.05, 0) is 31.1 Å². The van der Waals surface area contributed by atoms with Gasteiger partial charge in [0, 0.05) is 6.04 Å². The minimum atomic E-state index is 0.468. The number of nitrogens with two attached hydrogens (primary N) is 1. The monoisotopic (exact) mass is 197 g/mol. The Kier molecular flexibility index (Phi) is 5.54. The Morgan fingerprint density at radius 1 is 1.14 bits per heavy atom. The Morgan fingerprint density at radius 3 is 2.57 bits per heavy atom. The molecule has 0 aromatic heterocycles. The summed E-state index contributed by atoms with van der Waals surface area (Å²) >= 11 is 0. The van der Waals surface area contributed by atoms with Gasteiger partial charge in [0.25, 0.3) is 0 Å². The highest BCUT2D eigenvalue weighted by atomic mass is 14.6. The van der Waals surface area contributed by atoms with Crippen LogP contribution < -0.4 is 5.73 Å². The van der Waals surface area contributed by atoms with E-state index in [1.807, 2.05) is 0 Å². The summed E-state index contributed by atoms with van der Waals surface area (Å²) < 4.78 is 0. The van der Waals surface area contributed by atoms with Crippen molar-refractivity contribution in [2.24, 2.45) is 17.6 Å². The number of hydrogen-bond donors (Lipinski definition) is 1. The Labute approximate surface area is 89.5 Å². The van der Waals surface area contributed by atoms with Crippen LogP contribution in [0.25, 0.3) is 0 Å². The summed E-state index contributed by atoms with van der Waals surface area (Å²) in [5.41, 5.74) is 6.14. The summed E-state index contributed by atoms with van der Waals surface area (Å²) in [6.45, 7) is 4.53. The first kappa shape index (κ1) is 12.0. The lowest BCUT2D eigenvalue weighted by molar-refractivity contribution is 0.355. The molecule has 3 atom stereocenters. The molecule has 0 aromatic rings. The third-order valence-electron chi connectivity index (χ3n) is 3.91. The molecule has 0 aliphatic heterocycles. The Morgan fingerprint density at radius 2 is 1.93 bits per heavy atom. The van der Waals surface area contributed by atoms with Gasteiger partial charge in [-0.2, -0.15) is 0 Å². The molecular formula is C13H27N. The Hall–Kier alpha value is -0.0400. The molecule has 0 heterocycles. The van der Waals surface area contributed by atoms with Gasteiger partial charge in [-0.15, -0.1) is 0 Å². The van der Waals surface area contributed by atoms with E-state index in [4.69, 9.17) is 5.73 Å². The maximum atomic E-state index is 6.14. The van der Waals surface area contributed by atoms with Crippen LogP contribution >= 0.6 is 0 Å². The third kappa shape index (κ3) is 3.61. The molecule has 1 aliphatic carbocycles. The van der Waals surface area contributed by atoms with Crippen molar-refractivity contribution in [2.45, 2.75) is 71.3 Å². The fourth-order valence-electron chi connectivity index (χ4n) is 2.87. The zero-order chi connectivity index (χ0) is 10.4. The SMILES string of the molecule is CCCC1CCCC(C(N)CC)CC1. The van der Waals surface area contributed by atoms with Gasteiger partial charge in [0.2, 0.25) is 0 Å². The van der Waals surface area contributed by atoms with E-state index in [9.17, 15) is 0 Å². The second-order valence-corrected chi connectivity index (χ2v) is 5.00. The second-order valence-electron chi connectivity index (χ2n) is 5.00. The highest BCUT2D eigenvalue weighted by Gasteiger charge is 2.21. The molecule has 3 unspecified atom stereocenters. The first-order valence-corrected chi connectivity index (χ1v) is 6.53. The van der Waals surface area contributed by atoms with Crippen molar-refractivity contribution in [1.29, 1.82) is 0 Å². The molecule has 2 N–H and O–H groups in total. The molecule has 1 heteroatoms. The van der Waals surface area contributed by atoms with Crippen LogP contribution in [0.4, 0.5) is 0 Å². The van der Waals surface area contributed by atoms with Crippen molar-refractivity contribution in [1.82, 2.24) is 0 Å². The summed E-state index contributed by atoms with van der Waals surface area (Å²) in [7, 11) is 0. The van der Waals surface area contributed by atoms with E-state index in [1.165, 1.54) is 44.9 Å². The molecule has 0 radical (unpaired) electrons. The van der Waals surface area contributed by atoms with E-state index in [0.29, 0.717) is 6.04 Å². The molecule has 14 heavy (non-hydrogen) atoms. The van der Waals surface area contributed by atoms with Crippen LogP contribution in [0.3, 0.4) is 0 Å². The molecule has 1 saturated carbocycles. The van der Waals surface area contributed by atoms with Gasteiger partial charge >= 0.3 is 0 Å². The first-order valence-electron chi connectivity index (χ1n) is 6.53. The lowest BCUT2D eigenvalue weighted by atomic mass is 9.90. The Balaban J connectivity index is 2.32. The highest BCUT2D eigenvalue weighted by molar-refractivity contribution is 4.77. The minimum absolute atomic E-state index is 0.468. The zero-order valence-electron chi connectivity index (χ0n) is 9.97. The van der Waals surface area contributed by atoms with E-state index in [2.05, 4.69) is 13.8 Å². The van der Waals surface area contributed by atoms with Gasteiger partial charge in [-0.1, -0.05) is 46.0 Å². The maximum Gasteiger partial charge on any atom is 0.00645 e. The van der Waals surface area contributed by atoms with Crippen molar-refractivity contribution in [2.75, 3.05) is 0 Å². The van der Waals surface area contributed by atoms with Gasteiger partial charge < -0.3 is 5.73 Å². The van der Waals surface area contributed by atoms with Gasteiger partial charge in [0.05, 0.1) is 0 Å². The van der Waals surface area contributed by atoms with Crippen LogP contribution in [0.1, 0.15) is 65.2 Å². The highest BCUT2D eigenvalue weighted by Crippen LogP contribution is 2.31. The molecule has 1 aliphatic rings. The van der Waals surface area contributed by atoms with Crippen molar-refractivity contribution >= 4 is 0 Å². The van der Waals surface area contributed by atoms with Crippen LogP contribution in [0.2, 0.25) is 0 Å². The van der Waals surface area contributed by atoms with Gasteiger partial charge in [-0.25, -0.2) is 0 Å². The summed E-state index contributed by atoms with van der Waals surface area (Å²) in [6, 6.07) is 0.468.